The highest BCUT2D eigenvalue weighted by atomic mass is 19.3. The quantitative estimate of drug-likeness (QED) is 0.752. The largest absolute Gasteiger partial charge is 0.292 e. The van der Waals surface area contributed by atoms with E-state index in [1.165, 1.54) is 4.68 Å². The fourth-order valence-corrected chi connectivity index (χ4v) is 2.49. The van der Waals surface area contributed by atoms with Crippen molar-refractivity contribution in [2.24, 2.45) is 5.92 Å². The molecule has 1 fully saturated rings. The van der Waals surface area contributed by atoms with E-state index in [-0.39, 0.29) is 23.3 Å². The highest BCUT2D eigenvalue weighted by Gasteiger charge is 2.56. The van der Waals surface area contributed by atoms with Gasteiger partial charge in [0.25, 0.3) is 6.43 Å². The number of rotatable bonds is 2. The molecule has 0 N–H and O–H groups in total. The third-order valence-electron chi connectivity index (χ3n) is 3.26. The van der Waals surface area contributed by atoms with Crippen LogP contribution in [-0.2, 0) is 6.54 Å². The normalized spacial score (nSPS) is 27.1. The maximum atomic E-state index is 12.7. The SMILES string of the molecule is CCn1nc(C(F)F)c2c1C(=O)C1CC21. The summed E-state index contributed by atoms with van der Waals surface area (Å²) in [5.41, 5.74) is 0.793. The molecule has 0 spiro atoms. The molecule has 2 aliphatic rings. The molecule has 3 rings (SSSR count). The van der Waals surface area contributed by atoms with Crippen molar-refractivity contribution in [2.45, 2.75) is 32.2 Å². The molecule has 3 nitrogen and oxygen atoms in total. The number of aromatic nitrogens is 2. The second kappa shape index (κ2) is 2.65. The molecule has 1 saturated carbocycles. The topological polar surface area (TPSA) is 34.9 Å². The maximum Gasteiger partial charge on any atom is 0.282 e. The summed E-state index contributed by atoms with van der Waals surface area (Å²) in [7, 11) is 0. The summed E-state index contributed by atoms with van der Waals surface area (Å²) in [6.07, 6.45) is -1.83. The van der Waals surface area contributed by atoms with Crippen LogP contribution in [0.15, 0.2) is 0 Å². The number of alkyl halides is 2. The van der Waals surface area contributed by atoms with Gasteiger partial charge in [0.2, 0.25) is 0 Å². The van der Waals surface area contributed by atoms with Crippen LogP contribution in [0.1, 0.15) is 47.4 Å². The molecule has 2 aliphatic carbocycles. The fraction of sp³-hybridized carbons (Fsp3) is 0.600. The zero-order chi connectivity index (χ0) is 10.7. The van der Waals surface area contributed by atoms with Gasteiger partial charge in [-0.15, -0.1) is 0 Å². The van der Waals surface area contributed by atoms with Crippen molar-refractivity contribution in [1.82, 2.24) is 9.78 Å². The summed E-state index contributed by atoms with van der Waals surface area (Å²) in [6.45, 7) is 2.28. The van der Waals surface area contributed by atoms with Crippen molar-refractivity contribution in [1.29, 1.82) is 0 Å². The van der Waals surface area contributed by atoms with Crippen molar-refractivity contribution in [3.05, 3.63) is 17.0 Å². The Morgan fingerprint density at radius 2 is 2.27 bits per heavy atom. The molecule has 2 unspecified atom stereocenters. The van der Waals surface area contributed by atoms with Gasteiger partial charge in [0, 0.05) is 18.0 Å². The van der Waals surface area contributed by atoms with Gasteiger partial charge in [-0.2, -0.15) is 5.10 Å². The summed E-state index contributed by atoms with van der Waals surface area (Å²) in [4.78, 5) is 11.7. The van der Waals surface area contributed by atoms with Crippen molar-refractivity contribution >= 4 is 5.78 Å². The fourth-order valence-electron chi connectivity index (χ4n) is 2.49. The summed E-state index contributed by atoms with van der Waals surface area (Å²) >= 11 is 0. The molecule has 0 bridgehead atoms. The molecule has 80 valence electrons. The van der Waals surface area contributed by atoms with Crippen molar-refractivity contribution in [3.8, 4) is 0 Å². The molecular formula is C10H10F2N2O. The molecule has 2 atom stereocenters. The van der Waals surface area contributed by atoms with Gasteiger partial charge in [0.15, 0.2) is 5.78 Å². The Bertz CT molecular complexity index is 453. The maximum absolute atomic E-state index is 12.7. The molecule has 1 aromatic rings. The highest BCUT2D eigenvalue weighted by Crippen LogP contribution is 2.58. The molecule has 0 aromatic carbocycles. The van der Waals surface area contributed by atoms with Gasteiger partial charge < -0.3 is 0 Å². The lowest BCUT2D eigenvalue weighted by molar-refractivity contribution is 0.0963. The summed E-state index contributed by atoms with van der Waals surface area (Å²) < 4.78 is 26.8. The number of aryl methyl sites for hydroxylation is 1. The van der Waals surface area contributed by atoms with E-state index in [0.717, 1.165) is 6.42 Å². The van der Waals surface area contributed by atoms with Crippen LogP contribution in [0.4, 0.5) is 8.78 Å². The van der Waals surface area contributed by atoms with Crippen LogP contribution in [0.5, 0.6) is 0 Å². The van der Waals surface area contributed by atoms with Gasteiger partial charge >= 0.3 is 0 Å². The Morgan fingerprint density at radius 3 is 2.87 bits per heavy atom. The minimum atomic E-state index is -2.57. The van der Waals surface area contributed by atoms with E-state index in [4.69, 9.17) is 0 Å². The first-order valence-electron chi connectivity index (χ1n) is 5.08. The van der Waals surface area contributed by atoms with Gasteiger partial charge in [-0.1, -0.05) is 0 Å². The van der Waals surface area contributed by atoms with Crippen LogP contribution < -0.4 is 0 Å². The summed E-state index contributed by atoms with van der Waals surface area (Å²) in [5.74, 6) is 0.0290. The molecule has 0 aliphatic heterocycles. The summed E-state index contributed by atoms with van der Waals surface area (Å²) in [5, 5.41) is 3.82. The number of nitrogens with zero attached hydrogens (tertiary/aromatic N) is 2. The number of Topliss-reactive ketones (excluding diaryl/α,β-unsaturated/α-hetero) is 1. The molecule has 0 saturated heterocycles. The average molecular weight is 212 g/mol. The van der Waals surface area contributed by atoms with E-state index in [1.807, 2.05) is 0 Å². The lowest BCUT2D eigenvalue weighted by atomic mass is 10.1. The number of halogens is 2. The first-order valence-corrected chi connectivity index (χ1v) is 5.08. The molecule has 0 amide bonds. The van der Waals surface area contributed by atoms with E-state index >= 15 is 0 Å². The third kappa shape index (κ3) is 0.979. The Kier molecular flexibility index (Phi) is 1.59. The van der Waals surface area contributed by atoms with Gasteiger partial charge in [0.1, 0.15) is 11.4 Å². The molecule has 15 heavy (non-hydrogen) atoms. The highest BCUT2D eigenvalue weighted by molar-refractivity contribution is 6.04. The summed E-state index contributed by atoms with van der Waals surface area (Å²) in [6, 6.07) is 0. The van der Waals surface area contributed by atoms with Crippen molar-refractivity contribution < 1.29 is 13.6 Å². The number of hydrogen-bond acceptors (Lipinski definition) is 2. The Hall–Kier alpha value is -1.26. The molecule has 0 radical (unpaired) electrons. The van der Waals surface area contributed by atoms with Gasteiger partial charge in [-0.05, 0) is 19.3 Å². The first-order chi connectivity index (χ1) is 7.15. The third-order valence-corrected chi connectivity index (χ3v) is 3.26. The van der Waals surface area contributed by atoms with E-state index in [2.05, 4.69) is 5.10 Å². The lowest BCUT2D eigenvalue weighted by Gasteiger charge is -2.00. The number of fused-ring (bicyclic) bond motifs is 3. The zero-order valence-corrected chi connectivity index (χ0v) is 8.20. The van der Waals surface area contributed by atoms with Crippen molar-refractivity contribution in [2.75, 3.05) is 0 Å². The van der Waals surface area contributed by atoms with Crippen LogP contribution in [0.25, 0.3) is 0 Å². The predicted molar refractivity (Wildman–Crippen MR) is 48.0 cm³/mol. The molecule has 1 aromatic heterocycles. The standard InChI is InChI=1S/C10H10F2N2O/c1-2-14-8-6(7(13-14)10(11)12)4-3-5(4)9(8)15/h4-5,10H,2-3H2,1H3. The van der Waals surface area contributed by atoms with Crippen LogP contribution in [0.3, 0.4) is 0 Å². The zero-order valence-electron chi connectivity index (χ0n) is 8.20. The number of hydrogen-bond donors (Lipinski definition) is 0. The minimum absolute atomic E-state index is 0.0104. The van der Waals surface area contributed by atoms with Crippen molar-refractivity contribution in [3.63, 3.8) is 0 Å². The van der Waals surface area contributed by atoms with Gasteiger partial charge in [0.05, 0.1) is 0 Å². The van der Waals surface area contributed by atoms with E-state index in [9.17, 15) is 13.6 Å². The average Bonchev–Trinajstić information content (AvgIpc) is 2.81. The lowest BCUT2D eigenvalue weighted by Crippen LogP contribution is -2.09. The predicted octanol–water partition coefficient (Wildman–Crippen LogP) is 2.14. The monoisotopic (exact) mass is 212 g/mol. The second-order valence-electron chi connectivity index (χ2n) is 4.08. The Labute approximate surface area is 85.1 Å². The van der Waals surface area contributed by atoms with Gasteiger partial charge in [-0.25, -0.2) is 8.78 Å². The van der Waals surface area contributed by atoms with Gasteiger partial charge in [-0.3, -0.25) is 9.48 Å². The number of ketones is 1. The number of carbonyl (C=O) groups excluding carboxylic acids is 1. The van der Waals surface area contributed by atoms with E-state index < -0.39 is 6.43 Å². The Balaban J connectivity index is 2.21. The van der Waals surface area contributed by atoms with Crippen LogP contribution in [-0.4, -0.2) is 15.6 Å². The van der Waals surface area contributed by atoms with Crippen LogP contribution in [0.2, 0.25) is 0 Å². The molecule has 5 heteroatoms. The molecule has 1 heterocycles. The van der Waals surface area contributed by atoms with E-state index in [0.29, 0.717) is 17.8 Å². The minimum Gasteiger partial charge on any atom is -0.292 e. The van der Waals surface area contributed by atoms with E-state index in [1.54, 1.807) is 6.92 Å². The smallest absolute Gasteiger partial charge is 0.282 e. The number of carbonyl (C=O) groups is 1. The van der Waals surface area contributed by atoms with Crippen LogP contribution >= 0.6 is 0 Å². The second-order valence-corrected chi connectivity index (χ2v) is 4.08. The van der Waals surface area contributed by atoms with Crippen LogP contribution in [0, 0.1) is 5.92 Å². The Morgan fingerprint density at radius 1 is 1.53 bits per heavy atom. The first kappa shape index (κ1) is 9.00. The molecular weight excluding hydrogens is 202 g/mol.